The van der Waals surface area contributed by atoms with Crippen molar-refractivity contribution in [1.82, 2.24) is 5.06 Å². The average Bonchev–Trinajstić information content (AvgIpc) is 3.77. The summed E-state index contributed by atoms with van der Waals surface area (Å²) in [6, 6.07) is 15.5. The van der Waals surface area contributed by atoms with Crippen LogP contribution in [0.15, 0.2) is 101 Å². The maximum atomic E-state index is 12.2. The lowest BCUT2D eigenvalue weighted by Crippen LogP contribution is -2.31. The Morgan fingerprint density at radius 1 is 0.824 bits per heavy atom. The van der Waals surface area contributed by atoms with Gasteiger partial charge in [0.2, 0.25) is 5.69 Å². The Kier molecular flexibility index (Phi) is 15.4. The van der Waals surface area contributed by atoms with Crippen LogP contribution in [0.25, 0.3) is 10.8 Å². The second-order valence-corrected chi connectivity index (χ2v) is 21.2. The molecule has 0 bridgehead atoms. The van der Waals surface area contributed by atoms with Crippen LogP contribution in [-0.2, 0) is 59.2 Å². The van der Waals surface area contributed by atoms with Gasteiger partial charge < -0.3 is 19.0 Å². The monoisotopic (exact) mass is 952 g/mol. The summed E-state index contributed by atoms with van der Waals surface area (Å²) in [4.78, 5) is 46.1. The van der Waals surface area contributed by atoms with Crippen LogP contribution < -0.4 is 5.06 Å². The topological polar surface area (TPSA) is 161 Å². The van der Waals surface area contributed by atoms with E-state index >= 15 is 0 Å². The summed E-state index contributed by atoms with van der Waals surface area (Å²) >= 11 is 0. The van der Waals surface area contributed by atoms with Crippen LogP contribution in [0.1, 0.15) is 103 Å². The lowest BCUT2D eigenvalue weighted by Gasteiger charge is -2.31. The summed E-state index contributed by atoms with van der Waals surface area (Å²) in [6.45, 7) is 17.8. The molecule has 0 saturated carbocycles. The van der Waals surface area contributed by atoms with E-state index in [1.807, 2.05) is 26.0 Å². The number of hydrogen-bond acceptors (Lipinski definition) is 11. The number of allylic oxidation sites excluding steroid dienone is 8. The smallest absolute Gasteiger partial charge is 0.333 e. The number of carbonyl (C=O) groups is 3. The van der Waals surface area contributed by atoms with E-state index in [2.05, 4.69) is 94.8 Å². The van der Waals surface area contributed by atoms with Crippen molar-refractivity contribution in [1.29, 1.82) is 0 Å². The number of nitrogens with zero attached hydrogens (tertiary/aromatic N) is 3. The third-order valence-corrected chi connectivity index (χ3v) is 14.0. The van der Waals surface area contributed by atoms with Crippen LogP contribution >= 0.6 is 0 Å². The predicted octanol–water partition coefficient (Wildman–Crippen LogP) is 9.07. The van der Waals surface area contributed by atoms with E-state index < -0.39 is 33.3 Å². The van der Waals surface area contributed by atoms with Gasteiger partial charge in [-0.15, -0.1) is 5.06 Å². The van der Waals surface area contributed by atoms with Crippen molar-refractivity contribution in [2.45, 2.75) is 109 Å². The molecule has 15 heteroatoms. The van der Waals surface area contributed by atoms with Crippen molar-refractivity contribution in [2.24, 2.45) is 5.41 Å². The Morgan fingerprint density at radius 2 is 1.49 bits per heavy atom. The first-order valence-corrected chi connectivity index (χ1v) is 24.9. The highest BCUT2D eigenvalue weighted by Gasteiger charge is 2.46. The third-order valence-electron chi connectivity index (χ3n) is 13.1. The molecule has 68 heavy (non-hydrogen) atoms. The molecule has 1 aliphatic carbocycles. The van der Waals surface area contributed by atoms with Crippen LogP contribution in [0.5, 0.6) is 0 Å². The standard InChI is InChI=1S/C53H65N3O11S/c1-36-30-39-15-9-10-16-41(39)49-50(36)54(8)45(53(49,6)7)32-38-31-37(34-51(2,3)35-38)14-13-17-44-52(4,5)42-33-40(68(60,61)62)19-20-43(42)55(44)66-29-28-65-27-26-64-25-24-63-23-12-11-18-48(59)67-56-46(57)21-22-47(56)58/h9-10,13-17,19-20,30-33H,11-12,18,21-29,34-35H2,1-8H3/p+1. The normalized spacial score (nSPS) is 19.8. The number of anilines is 1. The number of amides is 2. The van der Waals surface area contributed by atoms with Gasteiger partial charge in [0.05, 0.1) is 61.3 Å². The largest absolute Gasteiger partial charge is 0.379 e. The molecule has 3 aliphatic heterocycles. The molecule has 1 fully saturated rings. The Hall–Kier alpha value is -5.29. The van der Waals surface area contributed by atoms with Gasteiger partial charge >= 0.3 is 5.97 Å². The first kappa shape index (κ1) is 50.6. The number of rotatable bonds is 20. The van der Waals surface area contributed by atoms with Gasteiger partial charge in [0.1, 0.15) is 7.05 Å². The van der Waals surface area contributed by atoms with Crippen molar-refractivity contribution >= 4 is 55.8 Å². The number of hydroxylamine groups is 3. The molecule has 364 valence electrons. The molecule has 3 heterocycles. The van der Waals surface area contributed by atoms with Gasteiger partial charge in [-0.05, 0) is 110 Å². The minimum absolute atomic E-state index is 0.0254. The predicted molar refractivity (Wildman–Crippen MR) is 260 cm³/mol. The molecule has 0 atom stereocenters. The summed E-state index contributed by atoms with van der Waals surface area (Å²) in [7, 11) is -2.25. The minimum atomic E-state index is -4.44. The Balaban J connectivity index is 0.947. The molecule has 3 aromatic carbocycles. The third kappa shape index (κ3) is 11.2. The molecule has 2 amide bonds. The van der Waals surface area contributed by atoms with E-state index in [1.165, 1.54) is 56.6 Å². The van der Waals surface area contributed by atoms with Crippen molar-refractivity contribution < 1.29 is 55.8 Å². The van der Waals surface area contributed by atoms with Crippen molar-refractivity contribution in [3.8, 4) is 0 Å². The fourth-order valence-electron chi connectivity index (χ4n) is 9.93. The number of imide groups is 1. The highest BCUT2D eigenvalue weighted by molar-refractivity contribution is 7.85. The number of unbranched alkanes of at least 4 members (excludes halogenated alkanes) is 1. The molecular formula is C53H66N3O11S+. The highest BCUT2D eigenvalue weighted by atomic mass is 32.2. The van der Waals surface area contributed by atoms with Crippen molar-refractivity contribution in [3.63, 3.8) is 0 Å². The van der Waals surface area contributed by atoms with Crippen LogP contribution in [-0.4, -0.2) is 99.4 Å². The van der Waals surface area contributed by atoms with Crippen LogP contribution in [0.3, 0.4) is 0 Å². The van der Waals surface area contributed by atoms with Gasteiger partial charge in [0.25, 0.3) is 21.9 Å². The fourth-order valence-corrected chi connectivity index (χ4v) is 10.4. The SMILES string of the molecule is Cc1cc2ccccc2c2c1[N+](C)=C(/C=C1C=C(/C=C/C=C3/N(OCCOCCOCCOCCCCC(=O)ON4C(=O)CCC4=O)c4ccc(S(=O)(=O)O)cc4C3(C)C)CC(C)(C)C/1)C2(C)C. The Morgan fingerprint density at radius 3 is 2.18 bits per heavy atom. The van der Waals surface area contributed by atoms with E-state index in [9.17, 15) is 27.4 Å². The van der Waals surface area contributed by atoms with E-state index in [1.54, 1.807) is 11.1 Å². The second kappa shape index (κ2) is 20.7. The maximum absolute atomic E-state index is 12.2. The summed E-state index contributed by atoms with van der Waals surface area (Å²) in [6.07, 6.45) is 14.0. The zero-order valence-corrected chi connectivity index (χ0v) is 41.5. The lowest BCUT2D eigenvalue weighted by molar-refractivity contribution is -0.402. The summed E-state index contributed by atoms with van der Waals surface area (Å²) in [5.41, 5.74) is 8.98. The molecule has 1 N–H and O–H groups in total. The lowest BCUT2D eigenvalue weighted by atomic mass is 9.73. The molecule has 7 rings (SSSR count). The molecule has 0 unspecified atom stereocenters. The molecule has 4 aliphatic rings. The number of hydrogen-bond donors (Lipinski definition) is 1. The highest BCUT2D eigenvalue weighted by Crippen LogP contribution is 2.50. The number of fused-ring (bicyclic) bond motifs is 4. The summed E-state index contributed by atoms with van der Waals surface area (Å²) < 4.78 is 53.7. The number of aryl methyl sites for hydroxylation is 1. The first-order chi connectivity index (χ1) is 32.2. The van der Waals surface area contributed by atoms with Gasteiger partial charge in [-0.1, -0.05) is 70.2 Å². The van der Waals surface area contributed by atoms with Crippen molar-refractivity contribution in [3.05, 3.63) is 112 Å². The zero-order chi connectivity index (χ0) is 49.0. The van der Waals surface area contributed by atoms with Gasteiger partial charge in [0.15, 0.2) is 5.71 Å². The second-order valence-electron chi connectivity index (χ2n) is 19.8. The minimum Gasteiger partial charge on any atom is -0.379 e. The van der Waals surface area contributed by atoms with Gasteiger partial charge in [-0.2, -0.15) is 13.0 Å². The molecule has 0 spiro atoms. The van der Waals surface area contributed by atoms with Crippen LogP contribution in [0.4, 0.5) is 11.4 Å². The van der Waals surface area contributed by atoms with Gasteiger partial charge in [-0.3, -0.25) is 19.0 Å². The molecule has 14 nitrogen and oxygen atoms in total. The van der Waals surface area contributed by atoms with E-state index in [0.717, 1.165) is 18.5 Å². The van der Waals surface area contributed by atoms with Crippen LogP contribution in [0.2, 0.25) is 0 Å². The van der Waals surface area contributed by atoms with E-state index in [-0.39, 0.29) is 48.2 Å². The first-order valence-electron chi connectivity index (χ1n) is 23.5. The molecule has 3 aromatic rings. The number of ether oxygens (including phenoxy) is 3. The average molecular weight is 953 g/mol. The number of benzene rings is 3. The fraction of sp³-hybridized carbons (Fsp3) is 0.472. The van der Waals surface area contributed by atoms with E-state index in [0.29, 0.717) is 62.2 Å². The van der Waals surface area contributed by atoms with Gasteiger partial charge in [-0.25, -0.2) is 9.86 Å². The molecule has 0 radical (unpaired) electrons. The summed E-state index contributed by atoms with van der Waals surface area (Å²) in [5.74, 6) is -1.62. The van der Waals surface area contributed by atoms with Crippen molar-refractivity contribution in [2.75, 3.05) is 58.4 Å². The maximum Gasteiger partial charge on any atom is 0.333 e. The van der Waals surface area contributed by atoms with Gasteiger partial charge in [0, 0.05) is 48.5 Å². The molecular weight excluding hydrogens is 887 g/mol. The van der Waals surface area contributed by atoms with E-state index in [4.69, 9.17) is 23.9 Å². The Bertz CT molecular complexity index is 2710. The zero-order valence-electron chi connectivity index (χ0n) is 40.7. The molecule has 1 saturated heterocycles. The Labute approximate surface area is 400 Å². The molecule has 0 aromatic heterocycles. The number of carbonyl (C=O) groups excluding carboxylic acids is 3. The summed E-state index contributed by atoms with van der Waals surface area (Å²) in [5, 5.41) is 4.84. The van der Waals surface area contributed by atoms with Crippen LogP contribution in [0, 0.1) is 12.3 Å². The quantitative estimate of drug-likeness (QED) is 0.0496.